The van der Waals surface area contributed by atoms with Crippen LogP contribution in [0.4, 0.5) is 11.4 Å². The van der Waals surface area contributed by atoms with Crippen molar-refractivity contribution in [2.24, 2.45) is 11.0 Å². The lowest BCUT2D eigenvalue weighted by Gasteiger charge is -2.31. The smallest absolute Gasteiger partial charge is 0.277 e. The van der Waals surface area contributed by atoms with Gasteiger partial charge in [0.1, 0.15) is 12.6 Å². The number of carbonyl (C=O) groups excluding carboxylic acids is 1. The number of carbonyl (C=O) groups is 1. The number of hydrogen-bond acceptors (Lipinski definition) is 8. The maximum absolute atomic E-state index is 12.6. The van der Waals surface area contributed by atoms with Crippen molar-refractivity contribution >= 4 is 23.2 Å². The topological polar surface area (TPSA) is 171 Å². The molecule has 1 aromatic rings. The largest absolute Gasteiger partial charge is 0.857 e. The van der Waals surface area contributed by atoms with Crippen molar-refractivity contribution in [3.63, 3.8) is 0 Å². The van der Waals surface area contributed by atoms with Crippen molar-refractivity contribution in [3.05, 3.63) is 44.0 Å². The first-order chi connectivity index (χ1) is 13.2. The number of non-ortho nitro benzene ring substituents is 2. The fourth-order valence-corrected chi connectivity index (χ4v) is 2.69. The van der Waals surface area contributed by atoms with Crippen LogP contribution in [0.2, 0.25) is 0 Å². The van der Waals surface area contributed by atoms with Crippen molar-refractivity contribution in [1.29, 1.82) is 0 Å². The Bertz CT molecular complexity index is 788. The van der Waals surface area contributed by atoms with Gasteiger partial charge in [-0.3, -0.25) is 25.0 Å². The Morgan fingerprint density at radius 3 is 2.00 bits per heavy atom. The average molecular weight is 411 g/mol. The second-order valence-corrected chi connectivity index (χ2v) is 7.54. The van der Waals surface area contributed by atoms with Gasteiger partial charge >= 0.3 is 0 Å². The molecule has 0 aliphatic carbocycles. The van der Waals surface area contributed by atoms with E-state index < -0.39 is 45.2 Å². The van der Waals surface area contributed by atoms with E-state index in [0.717, 1.165) is 18.2 Å². The highest BCUT2D eigenvalue weighted by Crippen LogP contribution is 2.23. The number of aliphatic hydroxyl groups excluding tert-OH is 1. The molecule has 0 heterocycles. The van der Waals surface area contributed by atoms with Crippen LogP contribution >= 0.6 is 0 Å². The molecule has 1 amide bonds. The van der Waals surface area contributed by atoms with Crippen LogP contribution in [0.25, 0.3) is 0 Å². The highest BCUT2D eigenvalue weighted by atomic mass is 16.6. The Hall–Kier alpha value is -3.12. The zero-order valence-corrected chi connectivity index (χ0v) is 16.9. The minimum atomic E-state index is -1.06. The van der Waals surface area contributed by atoms with Crippen LogP contribution in [-0.2, 0) is 0 Å². The lowest BCUT2D eigenvalue weighted by atomic mass is 10.0. The van der Waals surface area contributed by atoms with Gasteiger partial charge < -0.3 is 15.5 Å². The number of amides is 1. The molecular weight excluding hydrogens is 386 g/mol. The Kier molecular flexibility index (Phi) is 7.74. The third kappa shape index (κ3) is 7.08. The first kappa shape index (κ1) is 23.9. The van der Waals surface area contributed by atoms with Crippen LogP contribution in [0.5, 0.6) is 0 Å². The summed E-state index contributed by atoms with van der Waals surface area (Å²) in [5.74, 6) is -1.91. The fraction of sp³-hybridized carbons (Fsp3) is 0.529. The van der Waals surface area contributed by atoms with Gasteiger partial charge in [0, 0.05) is 18.0 Å². The molecule has 1 unspecified atom stereocenters. The molecule has 0 saturated heterocycles. The molecule has 0 spiro atoms. The summed E-state index contributed by atoms with van der Waals surface area (Å²) in [5, 5.41) is 50.6. The van der Waals surface area contributed by atoms with Crippen molar-refractivity contribution < 1.29 is 29.4 Å². The van der Waals surface area contributed by atoms with E-state index in [1.54, 1.807) is 34.9 Å². The highest BCUT2D eigenvalue weighted by molar-refractivity contribution is 5.98. The standard InChI is InChI=1S/C17H25N5O7/c1-10(2)15(17(25)19-22(4,5)9-11(3)23)18-16(24)12-6-13(20(26)27)8-14(7-12)21(28)29/h6-8,10-11,15,23H,9H2,1-5H3,(H-,18,19,24,25)/t11?,15-/m0/s1. The Morgan fingerprint density at radius 2 is 1.62 bits per heavy atom. The number of benzene rings is 1. The Labute approximate surface area is 167 Å². The second-order valence-electron chi connectivity index (χ2n) is 7.54. The molecule has 1 aromatic carbocycles. The second kappa shape index (κ2) is 9.39. The first-order valence-electron chi connectivity index (χ1n) is 8.76. The summed E-state index contributed by atoms with van der Waals surface area (Å²) in [5.41, 5.74) is -1.55. The molecule has 12 nitrogen and oxygen atoms in total. The van der Waals surface area contributed by atoms with Crippen LogP contribution in [0.15, 0.2) is 23.3 Å². The van der Waals surface area contributed by atoms with Crippen LogP contribution in [0.1, 0.15) is 31.1 Å². The summed E-state index contributed by atoms with van der Waals surface area (Å²) >= 11 is 0. The number of hydrogen-bond donors (Lipinski definition) is 2. The SMILES string of the molecule is CC(O)C[N+](C)(C)/N=C(\[O-])[C@@H](NC(=O)c1cc([N+](=O)[O-])cc([N+](=O)[O-])c1)C(C)C. The van der Waals surface area contributed by atoms with Crippen molar-refractivity contribution in [2.75, 3.05) is 20.6 Å². The molecule has 0 bridgehead atoms. The Morgan fingerprint density at radius 1 is 1.14 bits per heavy atom. The normalized spacial score (nSPS) is 14.4. The predicted molar refractivity (Wildman–Crippen MR) is 102 cm³/mol. The summed E-state index contributed by atoms with van der Waals surface area (Å²) in [6.45, 7) is 5.06. The number of nitro benzene ring substituents is 2. The van der Waals surface area contributed by atoms with Gasteiger partial charge in [-0.2, -0.15) is 0 Å². The zero-order chi connectivity index (χ0) is 22.5. The van der Waals surface area contributed by atoms with E-state index in [1.165, 1.54) is 0 Å². The predicted octanol–water partition coefficient (Wildman–Crippen LogP) is 0.388. The molecule has 0 fully saturated rings. The van der Waals surface area contributed by atoms with Gasteiger partial charge in [0.15, 0.2) is 0 Å². The lowest BCUT2D eigenvalue weighted by Crippen LogP contribution is -2.52. The van der Waals surface area contributed by atoms with Gasteiger partial charge in [-0.15, -0.1) is 5.10 Å². The molecule has 0 aliphatic heterocycles. The highest BCUT2D eigenvalue weighted by Gasteiger charge is 2.25. The third-order valence-corrected chi connectivity index (χ3v) is 3.89. The third-order valence-electron chi connectivity index (χ3n) is 3.89. The molecule has 160 valence electrons. The zero-order valence-electron chi connectivity index (χ0n) is 16.9. The quantitative estimate of drug-likeness (QED) is 0.194. The van der Waals surface area contributed by atoms with Crippen molar-refractivity contribution in [1.82, 2.24) is 5.32 Å². The molecule has 2 N–H and O–H groups in total. The molecule has 1 rings (SSSR count). The lowest BCUT2D eigenvalue weighted by molar-refractivity contribution is -0.901. The van der Waals surface area contributed by atoms with Crippen molar-refractivity contribution in [2.45, 2.75) is 32.9 Å². The molecule has 0 aliphatic rings. The summed E-state index contributed by atoms with van der Waals surface area (Å²) in [6.07, 6.45) is -0.709. The summed E-state index contributed by atoms with van der Waals surface area (Å²) < 4.78 is -0.169. The number of likely N-dealkylation sites (N-methyl/N-ethyl adjacent to an activating group) is 1. The van der Waals surface area contributed by atoms with Gasteiger partial charge in [-0.05, 0) is 12.8 Å². The maximum Gasteiger partial charge on any atom is 0.277 e. The number of nitrogens with one attached hydrogen (secondary N) is 1. The number of rotatable bonds is 9. The van der Waals surface area contributed by atoms with Gasteiger partial charge in [0.05, 0.1) is 41.6 Å². The summed E-state index contributed by atoms with van der Waals surface area (Å²) in [6, 6.07) is 1.48. The molecule has 0 saturated carbocycles. The van der Waals surface area contributed by atoms with Crippen LogP contribution in [0, 0.1) is 26.1 Å². The summed E-state index contributed by atoms with van der Waals surface area (Å²) in [7, 11) is 3.21. The molecule has 0 radical (unpaired) electrons. The maximum atomic E-state index is 12.6. The molecular formula is C17H25N5O7. The minimum Gasteiger partial charge on any atom is -0.857 e. The van der Waals surface area contributed by atoms with E-state index in [-0.39, 0.29) is 22.6 Å². The average Bonchev–Trinajstić information content (AvgIpc) is 2.56. The van der Waals surface area contributed by atoms with E-state index in [1.807, 2.05) is 0 Å². The molecule has 2 atom stereocenters. The van der Waals surface area contributed by atoms with Gasteiger partial charge in [0.2, 0.25) is 0 Å². The fourth-order valence-electron chi connectivity index (χ4n) is 2.69. The molecule has 12 heteroatoms. The van der Waals surface area contributed by atoms with E-state index in [9.17, 15) is 35.2 Å². The van der Waals surface area contributed by atoms with Gasteiger partial charge in [-0.1, -0.05) is 13.8 Å². The molecule has 0 aromatic heterocycles. The number of aliphatic hydroxyl groups is 1. The monoisotopic (exact) mass is 411 g/mol. The summed E-state index contributed by atoms with van der Waals surface area (Å²) in [4.78, 5) is 32.9. The van der Waals surface area contributed by atoms with E-state index in [2.05, 4.69) is 10.4 Å². The Balaban J connectivity index is 3.22. The number of nitro groups is 2. The van der Waals surface area contributed by atoms with E-state index >= 15 is 0 Å². The van der Waals surface area contributed by atoms with Crippen LogP contribution in [0.3, 0.4) is 0 Å². The van der Waals surface area contributed by atoms with Gasteiger partial charge in [-0.25, -0.2) is 4.59 Å². The van der Waals surface area contributed by atoms with Gasteiger partial charge in [0.25, 0.3) is 17.3 Å². The van der Waals surface area contributed by atoms with E-state index in [0.29, 0.717) is 0 Å². The molecule has 29 heavy (non-hydrogen) atoms. The van der Waals surface area contributed by atoms with Crippen LogP contribution < -0.4 is 10.4 Å². The minimum absolute atomic E-state index is 0.168. The number of nitrogens with zero attached hydrogens (tertiary/aromatic N) is 4. The van der Waals surface area contributed by atoms with Crippen molar-refractivity contribution in [3.8, 4) is 0 Å². The van der Waals surface area contributed by atoms with E-state index in [4.69, 9.17) is 0 Å². The van der Waals surface area contributed by atoms with Crippen LogP contribution in [-0.4, -0.2) is 64.1 Å². The first-order valence-corrected chi connectivity index (χ1v) is 8.76. The number of quaternary nitrogens is 1.